The second-order valence-electron chi connectivity index (χ2n) is 22.3. The molecule has 54 heavy (non-hydrogen) atoms. The van der Waals surface area contributed by atoms with Gasteiger partial charge in [-0.25, -0.2) is 0 Å². The fourth-order valence-corrected chi connectivity index (χ4v) is 15.9. The first-order valence-corrected chi connectivity index (χ1v) is 22.3. The van der Waals surface area contributed by atoms with Crippen molar-refractivity contribution in [1.29, 1.82) is 0 Å². The number of rotatable bonds is 6. The molecule has 0 spiro atoms. The summed E-state index contributed by atoms with van der Waals surface area (Å²) < 4.78 is 6.51. The van der Waals surface area contributed by atoms with Crippen molar-refractivity contribution in [2.45, 2.75) is 165 Å². The molecule has 5 saturated carbocycles. The topological polar surface area (TPSA) is 84.0 Å². The second-order valence-corrected chi connectivity index (χ2v) is 22.3. The summed E-state index contributed by atoms with van der Waals surface area (Å²) in [7, 11) is 0. The molecule has 1 amide bonds. The minimum Gasteiger partial charge on any atom is -0.462 e. The number of ketones is 2. The maximum Gasteiger partial charge on any atom is 0.309 e. The zero-order chi connectivity index (χ0) is 39.0. The van der Waals surface area contributed by atoms with Gasteiger partial charge in [-0.15, -0.1) is 0 Å². The zero-order valence-corrected chi connectivity index (χ0v) is 35.6. The normalized spacial score (nSPS) is 45.4. The average Bonchev–Trinajstić information content (AvgIpc) is 3.85. The SMILES string of the molecule is CC(=O)[C@@H]1C[C@H](C(=O)O[C@H]2CC[C@]3(C)[C@H]4CC[C@@H]5C6=C(C(C)C)C(=O)C[C@]6(C(=O)N6CC[C@@H](N7CCCC7)C6)CC[C@@]5(C)[C@]4(C)CC[C@H]3C2(C)C)C1(C)C. The molecule has 8 aliphatic rings. The lowest BCUT2D eigenvalue weighted by molar-refractivity contribution is -0.236. The lowest BCUT2D eigenvalue weighted by atomic mass is 9.33. The van der Waals surface area contributed by atoms with Gasteiger partial charge in [0, 0.05) is 36.9 Å². The lowest BCUT2D eigenvalue weighted by Gasteiger charge is -2.72. The quantitative estimate of drug-likeness (QED) is 0.253. The third-order valence-electron chi connectivity index (χ3n) is 19.2. The van der Waals surface area contributed by atoms with E-state index in [1.54, 1.807) is 6.92 Å². The zero-order valence-electron chi connectivity index (χ0n) is 35.6. The van der Waals surface area contributed by atoms with E-state index in [9.17, 15) is 14.4 Å². The van der Waals surface area contributed by atoms with Gasteiger partial charge in [-0.1, -0.05) is 62.3 Å². The van der Waals surface area contributed by atoms with Crippen LogP contribution in [0.15, 0.2) is 11.1 Å². The Kier molecular flexibility index (Phi) is 9.16. The van der Waals surface area contributed by atoms with Crippen LogP contribution in [0.4, 0.5) is 0 Å². The lowest BCUT2D eigenvalue weighted by Crippen LogP contribution is -2.66. The average molecular weight is 745 g/mol. The fraction of sp³-hybridized carbons (Fsp3) is 0.872. The Hall–Kier alpha value is -2.02. The molecule has 11 atom stereocenters. The van der Waals surface area contributed by atoms with E-state index < -0.39 is 5.41 Å². The highest BCUT2D eigenvalue weighted by Gasteiger charge is 2.71. The number of amides is 1. The largest absolute Gasteiger partial charge is 0.462 e. The molecule has 7 heteroatoms. The Morgan fingerprint density at radius 2 is 1.46 bits per heavy atom. The molecular weight excluding hydrogens is 673 g/mol. The van der Waals surface area contributed by atoms with Crippen LogP contribution in [-0.4, -0.2) is 71.6 Å². The van der Waals surface area contributed by atoms with Gasteiger partial charge in [0.25, 0.3) is 0 Å². The Morgan fingerprint density at radius 1 is 0.759 bits per heavy atom. The van der Waals surface area contributed by atoms with E-state index >= 15 is 4.79 Å². The number of hydrogen-bond donors (Lipinski definition) is 0. The monoisotopic (exact) mass is 745 g/mol. The van der Waals surface area contributed by atoms with Crippen molar-refractivity contribution >= 4 is 23.4 Å². The summed E-state index contributed by atoms with van der Waals surface area (Å²) in [6.45, 7) is 26.6. The van der Waals surface area contributed by atoms with Gasteiger partial charge in [0.2, 0.25) is 5.91 Å². The molecule has 0 aromatic carbocycles. The van der Waals surface area contributed by atoms with Crippen LogP contribution in [0.1, 0.15) is 153 Å². The summed E-state index contributed by atoms with van der Waals surface area (Å²) in [4.78, 5) is 60.0. The van der Waals surface area contributed by atoms with Crippen LogP contribution in [0, 0.1) is 68.0 Å². The molecule has 300 valence electrons. The molecule has 2 saturated heterocycles. The van der Waals surface area contributed by atoms with Gasteiger partial charge in [-0.05, 0) is 154 Å². The number of allylic oxidation sites excluding steroid dienone is 1. The van der Waals surface area contributed by atoms with Gasteiger partial charge in [-0.2, -0.15) is 0 Å². The Morgan fingerprint density at radius 3 is 2.11 bits per heavy atom. The van der Waals surface area contributed by atoms with Gasteiger partial charge in [0.05, 0.1) is 11.3 Å². The van der Waals surface area contributed by atoms with Gasteiger partial charge in [0.15, 0.2) is 5.78 Å². The molecule has 0 bridgehead atoms. The number of carbonyl (C=O) groups is 4. The standard InChI is InChI=1S/C47H72N2O5/c1-28(2)38-34(51)26-47(41(53)49-24-17-30(27-49)48-22-11-12-23-48)21-20-45(9)31(39(38)47)13-14-36-44(8)18-16-37(43(6,7)35(44)15-19-46(36,45)10)54-40(52)33-25-32(29(3)50)42(33,4)5/h28,30-33,35-37H,11-27H2,1-10H3/t30-,31-,32+,33-,35+,36-,37+,44+,45-,46-,47-/m1/s1. The smallest absolute Gasteiger partial charge is 0.309 e. The first-order valence-electron chi connectivity index (χ1n) is 22.3. The van der Waals surface area contributed by atoms with E-state index in [1.165, 1.54) is 18.4 Å². The number of carbonyl (C=O) groups excluding carboxylic acids is 4. The van der Waals surface area contributed by atoms with E-state index in [0.29, 0.717) is 30.7 Å². The van der Waals surface area contributed by atoms with Gasteiger partial charge >= 0.3 is 5.97 Å². The van der Waals surface area contributed by atoms with Gasteiger partial charge in [-0.3, -0.25) is 24.1 Å². The molecule has 7 fully saturated rings. The molecule has 6 aliphatic carbocycles. The number of hydrogen-bond acceptors (Lipinski definition) is 6. The number of fused-ring (bicyclic) bond motifs is 7. The maximum absolute atomic E-state index is 15.1. The van der Waals surface area contributed by atoms with Crippen molar-refractivity contribution in [2.75, 3.05) is 26.2 Å². The minimum atomic E-state index is -0.658. The Balaban J connectivity index is 1.05. The number of likely N-dealkylation sites (tertiary alicyclic amines) is 2. The number of nitrogens with zero attached hydrogens (tertiary/aromatic N) is 2. The van der Waals surface area contributed by atoms with Crippen LogP contribution in [0.3, 0.4) is 0 Å². The molecule has 8 rings (SSSR count). The third kappa shape index (κ3) is 5.19. The number of Topliss-reactive ketones (excluding diaryl/α,β-unsaturated/α-hetero) is 2. The summed E-state index contributed by atoms with van der Waals surface area (Å²) in [6, 6.07) is 0.466. The van der Waals surface area contributed by atoms with E-state index in [1.807, 2.05) is 0 Å². The van der Waals surface area contributed by atoms with Crippen molar-refractivity contribution in [3.63, 3.8) is 0 Å². The molecule has 2 heterocycles. The highest BCUT2D eigenvalue weighted by molar-refractivity contribution is 6.07. The molecule has 0 unspecified atom stereocenters. The van der Waals surface area contributed by atoms with Crippen molar-refractivity contribution < 1.29 is 23.9 Å². The first-order chi connectivity index (χ1) is 25.2. The highest BCUT2D eigenvalue weighted by Crippen LogP contribution is 2.77. The van der Waals surface area contributed by atoms with Crippen LogP contribution in [-0.2, 0) is 23.9 Å². The van der Waals surface area contributed by atoms with Crippen LogP contribution in [0.5, 0.6) is 0 Å². The number of esters is 1. The van der Waals surface area contributed by atoms with Gasteiger partial charge < -0.3 is 9.64 Å². The van der Waals surface area contributed by atoms with E-state index in [4.69, 9.17) is 4.74 Å². The van der Waals surface area contributed by atoms with Crippen LogP contribution in [0.2, 0.25) is 0 Å². The maximum atomic E-state index is 15.1. The second kappa shape index (κ2) is 12.7. The third-order valence-corrected chi connectivity index (χ3v) is 19.2. The van der Waals surface area contributed by atoms with Crippen LogP contribution in [0.25, 0.3) is 0 Å². The van der Waals surface area contributed by atoms with E-state index in [2.05, 4.69) is 72.1 Å². The van der Waals surface area contributed by atoms with Crippen LogP contribution < -0.4 is 0 Å². The first kappa shape index (κ1) is 38.8. The molecule has 0 aromatic heterocycles. The van der Waals surface area contributed by atoms with Crippen LogP contribution >= 0.6 is 0 Å². The Bertz CT molecular complexity index is 1640. The predicted octanol–water partition coefficient (Wildman–Crippen LogP) is 8.83. The van der Waals surface area contributed by atoms with E-state index in [-0.39, 0.29) is 80.3 Å². The van der Waals surface area contributed by atoms with E-state index in [0.717, 1.165) is 89.5 Å². The molecular formula is C47H72N2O5. The molecule has 0 N–H and O–H groups in total. The summed E-state index contributed by atoms with van der Waals surface area (Å²) in [5, 5.41) is 0. The van der Waals surface area contributed by atoms with Crippen molar-refractivity contribution in [2.24, 2.45) is 68.0 Å². The summed E-state index contributed by atoms with van der Waals surface area (Å²) in [5.74, 6) is 1.67. The molecule has 2 aliphatic heterocycles. The van der Waals surface area contributed by atoms with Gasteiger partial charge in [0.1, 0.15) is 11.9 Å². The predicted molar refractivity (Wildman–Crippen MR) is 211 cm³/mol. The molecule has 0 aromatic rings. The van der Waals surface area contributed by atoms with Crippen molar-refractivity contribution in [3.05, 3.63) is 11.1 Å². The molecule has 7 nitrogen and oxygen atoms in total. The van der Waals surface area contributed by atoms with Crippen molar-refractivity contribution in [1.82, 2.24) is 9.80 Å². The minimum absolute atomic E-state index is 0.00732. The Labute approximate surface area is 326 Å². The van der Waals surface area contributed by atoms with Crippen molar-refractivity contribution in [3.8, 4) is 0 Å². The number of ether oxygens (including phenoxy) is 1. The summed E-state index contributed by atoms with van der Waals surface area (Å²) >= 11 is 0. The molecule has 0 radical (unpaired) electrons. The summed E-state index contributed by atoms with van der Waals surface area (Å²) in [5.41, 5.74) is 1.33. The highest BCUT2D eigenvalue weighted by atomic mass is 16.5. The summed E-state index contributed by atoms with van der Waals surface area (Å²) in [6.07, 6.45) is 12.6. The fourth-order valence-electron chi connectivity index (χ4n) is 15.9.